The van der Waals surface area contributed by atoms with E-state index < -0.39 is 12.0 Å². The monoisotopic (exact) mass is 352 g/mol. The van der Waals surface area contributed by atoms with E-state index in [-0.39, 0.29) is 17.5 Å². The predicted molar refractivity (Wildman–Crippen MR) is 98.1 cm³/mol. The maximum absolute atomic E-state index is 12.4. The zero-order valence-corrected chi connectivity index (χ0v) is 14.5. The number of aliphatic hydroxyl groups is 1. The number of carbonyl (C=O) groups excluding carboxylic acids is 1. The summed E-state index contributed by atoms with van der Waals surface area (Å²) in [7, 11) is 1.35. The van der Waals surface area contributed by atoms with Crippen molar-refractivity contribution in [3.63, 3.8) is 0 Å². The number of aliphatic hydroxyl groups excluding tert-OH is 1. The zero-order valence-electron chi connectivity index (χ0n) is 14.5. The van der Waals surface area contributed by atoms with E-state index >= 15 is 0 Å². The van der Waals surface area contributed by atoms with Crippen molar-refractivity contribution < 1.29 is 24.5 Å². The summed E-state index contributed by atoms with van der Waals surface area (Å²) in [5.41, 5.74) is 2.34. The molecule has 26 heavy (non-hydrogen) atoms. The van der Waals surface area contributed by atoms with Crippen molar-refractivity contribution in [2.75, 3.05) is 7.11 Å². The number of phenolic OH excluding ortho intramolecular Hbond substituents is 1. The number of carbonyl (C=O) groups is 1. The second kappa shape index (κ2) is 7.35. The van der Waals surface area contributed by atoms with E-state index in [1.54, 1.807) is 55.5 Å². The van der Waals surface area contributed by atoms with Gasteiger partial charge in [0.05, 0.1) is 7.11 Å². The van der Waals surface area contributed by atoms with E-state index in [1.807, 2.05) is 12.1 Å². The minimum Gasteiger partial charge on any atom is -0.508 e. The van der Waals surface area contributed by atoms with Crippen LogP contribution in [-0.2, 0) is 9.53 Å². The number of rotatable bonds is 4. The standard InChI is InChI=1S/C21H20O5/c1-3-15(22)8-4-13-5-11-18-17(12-13)19(21(24)25-2)20(26-18)14-6-9-16(23)10-7-14/h3-12,19-20,22-23H,1-2H3/b8-4+,15-3-/t19-,20+/m0/s1. The van der Waals surface area contributed by atoms with Crippen LogP contribution in [0.2, 0.25) is 0 Å². The molecule has 5 nitrogen and oxygen atoms in total. The summed E-state index contributed by atoms with van der Waals surface area (Å²) >= 11 is 0. The van der Waals surface area contributed by atoms with E-state index in [9.17, 15) is 15.0 Å². The van der Waals surface area contributed by atoms with Crippen molar-refractivity contribution in [3.8, 4) is 11.5 Å². The van der Waals surface area contributed by atoms with Crippen molar-refractivity contribution in [2.24, 2.45) is 0 Å². The van der Waals surface area contributed by atoms with Crippen LogP contribution in [0.15, 0.2) is 60.4 Å². The molecule has 2 aromatic rings. The first-order valence-electron chi connectivity index (χ1n) is 8.24. The minimum atomic E-state index is -0.608. The van der Waals surface area contributed by atoms with Crippen LogP contribution in [0, 0.1) is 0 Å². The molecular weight excluding hydrogens is 332 g/mol. The zero-order chi connectivity index (χ0) is 18.7. The van der Waals surface area contributed by atoms with Crippen LogP contribution in [0.4, 0.5) is 0 Å². The first-order valence-corrected chi connectivity index (χ1v) is 8.24. The Morgan fingerprint density at radius 2 is 1.92 bits per heavy atom. The lowest BCUT2D eigenvalue weighted by atomic mass is 9.90. The fourth-order valence-corrected chi connectivity index (χ4v) is 2.97. The van der Waals surface area contributed by atoms with Crippen molar-refractivity contribution in [1.29, 1.82) is 0 Å². The quantitative estimate of drug-likeness (QED) is 0.488. The number of phenols is 1. The van der Waals surface area contributed by atoms with Crippen LogP contribution in [0.3, 0.4) is 0 Å². The lowest BCUT2D eigenvalue weighted by Crippen LogP contribution is -2.20. The molecule has 2 aromatic carbocycles. The third-order valence-electron chi connectivity index (χ3n) is 4.34. The van der Waals surface area contributed by atoms with Gasteiger partial charge in [0.1, 0.15) is 29.3 Å². The van der Waals surface area contributed by atoms with E-state index in [2.05, 4.69) is 0 Å². The Labute approximate surface area is 151 Å². The lowest BCUT2D eigenvalue weighted by molar-refractivity contribution is -0.144. The van der Waals surface area contributed by atoms with Gasteiger partial charge in [0.25, 0.3) is 0 Å². The van der Waals surface area contributed by atoms with Crippen molar-refractivity contribution in [2.45, 2.75) is 18.9 Å². The van der Waals surface area contributed by atoms with Crippen LogP contribution in [-0.4, -0.2) is 23.3 Å². The summed E-state index contributed by atoms with van der Waals surface area (Å²) in [6, 6.07) is 12.1. The number of hydrogen-bond donors (Lipinski definition) is 2. The largest absolute Gasteiger partial charge is 0.508 e. The molecule has 0 bridgehead atoms. The summed E-state index contributed by atoms with van der Waals surface area (Å²) in [6.07, 6.45) is 4.41. The maximum atomic E-state index is 12.4. The summed E-state index contributed by atoms with van der Waals surface area (Å²) in [5.74, 6) is -0.0725. The molecule has 0 saturated heterocycles. The molecule has 0 fully saturated rings. The van der Waals surface area contributed by atoms with E-state index in [0.29, 0.717) is 5.75 Å². The molecule has 0 radical (unpaired) electrons. The first kappa shape index (κ1) is 17.6. The number of ether oxygens (including phenoxy) is 2. The average molecular weight is 352 g/mol. The summed E-state index contributed by atoms with van der Waals surface area (Å²) in [5, 5.41) is 19.0. The Morgan fingerprint density at radius 3 is 2.58 bits per heavy atom. The Morgan fingerprint density at radius 1 is 1.19 bits per heavy atom. The highest BCUT2D eigenvalue weighted by Crippen LogP contribution is 2.47. The molecule has 0 spiro atoms. The average Bonchev–Trinajstić information content (AvgIpc) is 3.04. The normalized spacial score (nSPS) is 19.2. The van der Waals surface area contributed by atoms with Gasteiger partial charge in [-0.05, 0) is 54.5 Å². The molecule has 1 aliphatic heterocycles. The maximum Gasteiger partial charge on any atom is 0.317 e. The Balaban J connectivity index is 1.99. The number of aromatic hydroxyl groups is 1. The molecule has 2 N–H and O–H groups in total. The predicted octanol–water partition coefficient (Wildman–Crippen LogP) is 4.26. The molecule has 0 unspecified atom stereocenters. The molecular formula is C21H20O5. The smallest absolute Gasteiger partial charge is 0.317 e. The van der Waals surface area contributed by atoms with Crippen LogP contribution in [0.25, 0.3) is 6.08 Å². The number of hydrogen-bond acceptors (Lipinski definition) is 5. The van der Waals surface area contributed by atoms with Crippen LogP contribution < -0.4 is 4.74 Å². The molecule has 5 heteroatoms. The number of allylic oxidation sites excluding steroid dienone is 2. The molecule has 134 valence electrons. The van der Waals surface area contributed by atoms with Gasteiger partial charge in [-0.2, -0.15) is 0 Å². The number of esters is 1. The van der Waals surface area contributed by atoms with Crippen molar-refractivity contribution in [1.82, 2.24) is 0 Å². The van der Waals surface area contributed by atoms with E-state index in [1.165, 1.54) is 7.11 Å². The van der Waals surface area contributed by atoms with Gasteiger partial charge >= 0.3 is 5.97 Å². The van der Waals surface area contributed by atoms with Gasteiger partial charge in [0.15, 0.2) is 0 Å². The highest BCUT2D eigenvalue weighted by Gasteiger charge is 2.41. The third-order valence-corrected chi connectivity index (χ3v) is 4.34. The van der Waals surface area contributed by atoms with Crippen LogP contribution >= 0.6 is 0 Å². The number of benzene rings is 2. The van der Waals surface area contributed by atoms with Gasteiger partial charge in [0.2, 0.25) is 0 Å². The summed E-state index contributed by atoms with van der Waals surface area (Å²) < 4.78 is 11.0. The van der Waals surface area contributed by atoms with Crippen molar-refractivity contribution >= 4 is 12.0 Å². The Bertz CT molecular complexity index is 864. The highest BCUT2D eigenvalue weighted by molar-refractivity contribution is 5.82. The Kier molecular flexibility index (Phi) is 4.98. The summed E-state index contributed by atoms with van der Waals surface area (Å²) in [6.45, 7) is 1.74. The summed E-state index contributed by atoms with van der Waals surface area (Å²) in [4.78, 5) is 12.4. The highest BCUT2D eigenvalue weighted by atomic mass is 16.5. The van der Waals surface area contributed by atoms with E-state index in [0.717, 1.165) is 16.7 Å². The SMILES string of the molecule is C/C=C(O)/C=C/c1ccc2c(c1)[C@H](C(=O)OC)[C@@H](c1ccc(O)cc1)O2. The molecule has 2 atom stereocenters. The molecule has 0 amide bonds. The van der Waals surface area contributed by atoms with Crippen LogP contribution in [0.5, 0.6) is 11.5 Å². The van der Waals surface area contributed by atoms with Crippen molar-refractivity contribution in [3.05, 3.63) is 77.1 Å². The van der Waals surface area contributed by atoms with Gasteiger partial charge < -0.3 is 19.7 Å². The fourth-order valence-electron chi connectivity index (χ4n) is 2.97. The molecule has 0 aromatic heterocycles. The number of methoxy groups -OCH3 is 1. The van der Waals surface area contributed by atoms with E-state index in [4.69, 9.17) is 9.47 Å². The molecule has 0 aliphatic carbocycles. The van der Waals surface area contributed by atoms with Crippen LogP contribution in [0.1, 0.15) is 35.6 Å². The molecule has 1 aliphatic rings. The molecule has 3 rings (SSSR count). The van der Waals surface area contributed by atoms with Gasteiger partial charge in [-0.1, -0.05) is 24.3 Å². The second-order valence-electron chi connectivity index (χ2n) is 5.97. The minimum absolute atomic E-state index is 0.148. The molecule has 0 saturated carbocycles. The Hall–Kier alpha value is -3.21. The van der Waals surface area contributed by atoms with Gasteiger partial charge in [-0.25, -0.2) is 0 Å². The van der Waals surface area contributed by atoms with Gasteiger partial charge in [0, 0.05) is 5.56 Å². The van der Waals surface area contributed by atoms with Gasteiger partial charge in [-0.15, -0.1) is 0 Å². The fraction of sp³-hybridized carbons (Fsp3) is 0.190. The number of fused-ring (bicyclic) bond motifs is 1. The first-order chi connectivity index (χ1) is 12.5. The van der Waals surface area contributed by atoms with Gasteiger partial charge in [-0.3, -0.25) is 4.79 Å². The third kappa shape index (κ3) is 3.42. The lowest BCUT2D eigenvalue weighted by Gasteiger charge is -2.17. The second-order valence-corrected chi connectivity index (χ2v) is 5.97. The topological polar surface area (TPSA) is 76.0 Å². The molecule has 1 heterocycles.